The standard InChI is InChI=1S/C22H17BrClN3O2/c1-14(26-27-22(29)19-4-2-3-5-20(19)23)15-8-12-18(13-9-15)25-21(28)16-6-10-17(24)11-7-16/h2-13H,1H3,(H,25,28)(H,27,29)/b26-14-. The highest BCUT2D eigenvalue weighted by Gasteiger charge is 2.09. The molecule has 0 spiro atoms. The van der Waals surface area contributed by atoms with E-state index >= 15 is 0 Å². The first-order valence-corrected chi connectivity index (χ1v) is 9.87. The van der Waals surface area contributed by atoms with E-state index in [-0.39, 0.29) is 11.8 Å². The van der Waals surface area contributed by atoms with Crippen LogP contribution in [0.5, 0.6) is 0 Å². The number of hydrazone groups is 1. The second-order valence-corrected chi connectivity index (χ2v) is 7.45. The summed E-state index contributed by atoms with van der Waals surface area (Å²) in [5, 5.41) is 7.56. The minimum atomic E-state index is -0.302. The quantitative estimate of drug-likeness (QED) is 0.381. The molecule has 2 N–H and O–H groups in total. The molecule has 0 unspecified atom stereocenters. The average molecular weight is 471 g/mol. The Kier molecular flexibility index (Phi) is 6.80. The third-order valence-electron chi connectivity index (χ3n) is 4.11. The van der Waals surface area contributed by atoms with Crippen molar-refractivity contribution >= 4 is 50.7 Å². The highest BCUT2D eigenvalue weighted by Crippen LogP contribution is 2.16. The predicted molar refractivity (Wildman–Crippen MR) is 120 cm³/mol. The molecule has 3 aromatic rings. The smallest absolute Gasteiger partial charge is 0.272 e. The van der Waals surface area contributed by atoms with Gasteiger partial charge in [0.05, 0.1) is 11.3 Å². The van der Waals surface area contributed by atoms with Crippen molar-refractivity contribution in [2.75, 3.05) is 5.32 Å². The molecule has 0 fully saturated rings. The highest BCUT2D eigenvalue weighted by molar-refractivity contribution is 9.10. The maximum absolute atomic E-state index is 12.3. The molecule has 0 aliphatic rings. The average Bonchev–Trinajstić information content (AvgIpc) is 2.73. The van der Waals surface area contributed by atoms with Crippen LogP contribution in [0.15, 0.2) is 82.4 Å². The topological polar surface area (TPSA) is 70.6 Å². The molecule has 0 saturated heterocycles. The first kappa shape index (κ1) is 20.8. The summed E-state index contributed by atoms with van der Waals surface area (Å²) < 4.78 is 0.700. The van der Waals surface area contributed by atoms with Gasteiger partial charge in [-0.3, -0.25) is 9.59 Å². The lowest BCUT2D eigenvalue weighted by Gasteiger charge is -2.07. The summed E-state index contributed by atoms with van der Waals surface area (Å²) in [4.78, 5) is 24.5. The van der Waals surface area contributed by atoms with Gasteiger partial charge in [-0.1, -0.05) is 35.9 Å². The van der Waals surface area contributed by atoms with Crippen LogP contribution in [0.4, 0.5) is 5.69 Å². The van der Waals surface area contributed by atoms with Gasteiger partial charge in [-0.2, -0.15) is 5.10 Å². The monoisotopic (exact) mass is 469 g/mol. The fourth-order valence-corrected chi connectivity index (χ4v) is 3.09. The maximum atomic E-state index is 12.3. The van der Waals surface area contributed by atoms with Gasteiger partial charge in [-0.25, -0.2) is 5.43 Å². The number of anilines is 1. The van der Waals surface area contributed by atoms with E-state index < -0.39 is 0 Å². The molecule has 0 aliphatic heterocycles. The van der Waals surface area contributed by atoms with Crippen LogP contribution in [0.3, 0.4) is 0 Å². The third-order valence-corrected chi connectivity index (χ3v) is 5.05. The van der Waals surface area contributed by atoms with E-state index in [1.165, 1.54) is 0 Å². The summed E-state index contributed by atoms with van der Waals surface area (Å²) in [6.45, 7) is 1.79. The normalized spacial score (nSPS) is 11.1. The lowest BCUT2D eigenvalue weighted by Crippen LogP contribution is -2.19. The summed E-state index contributed by atoms with van der Waals surface area (Å²) >= 11 is 9.19. The van der Waals surface area contributed by atoms with Crippen LogP contribution in [0.1, 0.15) is 33.2 Å². The molecule has 7 heteroatoms. The van der Waals surface area contributed by atoms with E-state index in [1.807, 2.05) is 18.2 Å². The molecule has 0 radical (unpaired) electrons. The number of amides is 2. The number of rotatable bonds is 5. The second kappa shape index (κ2) is 9.49. The van der Waals surface area contributed by atoms with E-state index in [1.54, 1.807) is 61.5 Å². The zero-order valence-corrected chi connectivity index (χ0v) is 17.8. The Labute approximate surface area is 181 Å². The van der Waals surface area contributed by atoms with Crippen molar-refractivity contribution in [3.8, 4) is 0 Å². The van der Waals surface area contributed by atoms with Gasteiger partial charge < -0.3 is 5.32 Å². The van der Waals surface area contributed by atoms with Crippen molar-refractivity contribution < 1.29 is 9.59 Å². The molecule has 3 rings (SSSR count). The molecule has 0 bridgehead atoms. The Hall–Kier alpha value is -2.96. The van der Waals surface area contributed by atoms with Crippen LogP contribution in [0.2, 0.25) is 5.02 Å². The number of nitrogens with zero attached hydrogens (tertiary/aromatic N) is 1. The maximum Gasteiger partial charge on any atom is 0.272 e. The summed E-state index contributed by atoms with van der Waals surface area (Å²) in [5.74, 6) is -0.524. The SMILES string of the molecule is C/C(=N/NC(=O)c1ccccc1Br)c1ccc(NC(=O)c2ccc(Cl)cc2)cc1. The molecule has 2 amide bonds. The zero-order chi connectivity index (χ0) is 20.8. The van der Waals surface area contributed by atoms with Crippen molar-refractivity contribution in [2.24, 2.45) is 5.10 Å². The number of benzene rings is 3. The predicted octanol–water partition coefficient (Wildman–Crippen LogP) is 5.51. The zero-order valence-electron chi connectivity index (χ0n) is 15.4. The van der Waals surface area contributed by atoms with Crippen molar-refractivity contribution in [3.63, 3.8) is 0 Å². The van der Waals surface area contributed by atoms with Crippen molar-refractivity contribution in [3.05, 3.63) is 99.0 Å². The first-order chi connectivity index (χ1) is 13.9. The van der Waals surface area contributed by atoms with Gasteiger partial charge in [0.25, 0.3) is 11.8 Å². The molecular formula is C22H17BrClN3O2. The van der Waals surface area contributed by atoms with Gasteiger partial charge in [-0.05, 0) is 76.9 Å². The van der Waals surface area contributed by atoms with Gasteiger partial charge in [0.2, 0.25) is 0 Å². The Bertz CT molecular complexity index is 1060. The summed E-state index contributed by atoms with van der Waals surface area (Å²) in [5.41, 5.74) is 5.69. The molecule has 0 atom stereocenters. The van der Waals surface area contributed by atoms with Gasteiger partial charge in [0, 0.05) is 20.7 Å². The number of carbonyl (C=O) groups excluding carboxylic acids is 2. The largest absolute Gasteiger partial charge is 0.322 e. The number of nitrogens with one attached hydrogen (secondary N) is 2. The van der Waals surface area contributed by atoms with Crippen molar-refractivity contribution in [1.29, 1.82) is 0 Å². The number of carbonyl (C=O) groups is 2. The Morgan fingerprint density at radius 3 is 2.14 bits per heavy atom. The van der Waals surface area contributed by atoms with Crippen LogP contribution >= 0.6 is 27.5 Å². The van der Waals surface area contributed by atoms with Crippen LogP contribution in [0, 0.1) is 0 Å². The van der Waals surface area contributed by atoms with E-state index in [0.717, 1.165) is 5.56 Å². The van der Waals surface area contributed by atoms with E-state index in [9.17, 15) is 9.59 Å². The minimum Gasteiger partial charge on any atom is -0.322 e. The lowest BCUT2D eigenvalue weighted by atomic mass is 10.1. The molecule has 0 heterocycles. The second-order valence-electron chi connectivity index (χ2n) is 6.16. The molecule has 0 saturated carbocycles. The minimum absolute atomic E-state index is 0.222. The van der Waals surface area contributed by atoms with Crippen LogP contribution in [0.25, 0.3) is 0 Å². The molecule has 5 nitrogen and oxygen atoms in total. The summed E-state index contributed by atoms with van der Waals surface area (Å²) in [6.07, 6.45) is 0. The van der Waals surface area contributed by atoms with E-state index in [2.05, 4.69) is 31.8 Å². The highest BCUT2D eigenvalue weighted by atomic mass is 79.9. The van der Waals surface area contributed by atoms with Gasteiger partial charge >= 0.3 is 0 Å². The number of halogens is 2. The Morgan fingerprint density at radius 2 is 1.48 bits per heavy atom. The summed E-state index contributed by atoms with van der Waals surface area (Å²) in [7, 11) is 0. The fraction of sp³-hybridized carbons (Fsp3) is 0.0455. The van der Waals surface area contributed by atoms with E-state index in [0.29, 0.717) is 32.0 Å². The molecular weight excluding hydrogens is 454 g/mol. The number of hydrogen-bond acceptors (Lipinski definition) is 3. The van der Waals surface area contributed by atoms with Crippen molar-refractivity contribution in [2.45, 2.75) is 6.92 Å². The molecule has 0 aliphatic carbocycles. The fourth-order valence-electron chi connectivity index (χ4n) is 2.50. The van der Waals surface area contributed by atoms with Crippen LogP contribution < -0.4 is 10.7 Å². The molecule has 146 valence electrons. The van der Waals surface area contributed by atoms with Crippen LogP contribution in [-0.2, 0) is 0 Å². The van der Waals surface area contributed by atoms with Gasteiger partial charge in [0.1, 0.15) is 0 Å². The Morgan fingerprint density at radius 1 is 0.862 bits per heavy atom. The Balaban J connectivity index is 1.63. The lowest BCUT2D eigenvalue weighted by molar-refractivity contribution is 0.0953. The van der Waals surface area contributed by atoms with Crippen LogP contribution in [-0.4, -0.2) is 17.5 Å². The molecule has 3 aromatic carbocycles. The first-order valence-electron chi connectivity index (χ1n) is 8.70. The molecule has 0 aromatic heterocycles. The number of hydrogen-bond donors (Lipinski definition) is 2. The van der Waals surface area contributed by atoms with Crippen molar-refractivity contribution in [1.82, 2.24) is 5.43 Å². The summed E-state index contributed by atoms with van der Waals surface area (Å²) in [6, 6.07) is 21.0. The third kappa shape index (κ3) is 5.53. The van der Waals surface area contributed by atoms with Gasteiger partial charge in [0.15, 0.2) is 0 Å². The molecule has 29 heavy (non-hydrogen) atoms. The van der Waals surface area contributed by atoms with Gasteiger partial charge in [-0.15, -0.1) is 0 Å². The van der Waals surface area contributed by atoms with E-state index in [4.69, 9.17) is 11.6 Å².